The molecule has 1 aliphatic rings. The Morgan fingerprint density at radius 1 is 1.26 bits per heavy atom. The van der Waals surface area contributed by atoms with Crippen LogP contribution in [0.4, 0.5) is 4.39 Å². The van der Waals surface area contributed by atoms with E-state index in [9.17, 15) is 17.6 Å². The van der Waals surface area contributed by atoms with Crippen molar-refractivity contribution >= 4 is 16.0 Å². The van der Waals surface area contributed by atoms with Gasteiger partial charge in [0.2, 0.25) is 10.0 Å². The van der Waals surface area contributed by atoms with Gasteiger partial charge in [0.05, 0.1) is 10.5 Å². The van der Waals surface area contributed by atoms with Gasteiger partial charge in [0.1, 0.15) is 5.82 Å². The second kappa shape index (κ2) is 7.40. The van der Waals surface area contributed by atoms with Crippen LogP contribution >= 0.6 is 0 Å². The molecule has 0 atom stereocenters. The smallest absolute Gasteiger partial charge is 0.338 e. The van der Waals surface area contributed by atoms with Crippen molar-refractivity contribution in [3.05, 3.63) is 29.6 Å². The number of carboxylic acid groups (broad SMARTS) is 1. The van der Waals surface area contributed by atoms with Gasteiger partial charge in [-0.2, -0.15) is 4.31 Å². The summed E-state index contributed by atoms with van der Waals surface area (Å²) in [7, 11) is -3.84. The van der Waals surface area contributed by atoms with Crippen LogP contribution in [0.2, 0.25) is 0 Å². The Morgan fingerprint density at radius 2 is 1.87 bits per heavy atom. The molecule has 0 radical (unpaired) electrons. The first-order valence-corrected chi connectivity index (χ1v) is 9.36. The lowest BCUT2D eigenvalue weighted by Crippen LogP contribution is -2.40. The Kier molecular flexibility index (Phi) is 5.75. The largest absolute Gasteiger partial charge is 0.478 e. The summed E-state index contributed by atoms with van der Waals surface area (Å²) in [6.07, 6.45) is 5.79. The van der Waals surface area contributed by atoms with Crippen LogP contribution in [-0.2, 0) is 10.0 Å². The zero-order valence-electron chi connectivity index (χ0n) is 13.2. The third-order valence-corrected chi connectivity index (χ3v) is 6.34. The molecule has 128 valence electrons. The third kappa shape index (κ3) is 3.90. The molecule has 0 saturated heterocycles. The van der Waals surface area contributed by atoms with E-state index >= 15 is 0 Å². The van der Waals surface area contributed by atoms with Crippen LogP contribution in [0.3, 0.4) is 0 Å². The minimum Gasteiger partial charge on any atom is -0.478 e. The number of benzene rings is 1. The van der Waals surface area contributed by atoms with Gasteiger partial charge in [-0.25, -0.2) is 17.6 Å². The van der Waals surface area contributed by atoms with Crippen molar-refractivity contribution in [2.75, 3.05) is 6.54 Å². The predicted octanol–water partition coefficient (Wildman–Crippen LogP) is 3.26. The van der Waals surface area contributed by atoms with Crippen molar-refractivity contribution in [2.24, 2.45) is 0 Å². The average Bonchev–Trinajstić information content (AvgIpc) is 2.77. The van der Waals surface area contributed by atoms with Crippen molar-refractivity contribution in [1.29, 1.82) is 0 Å². The molecule has 1 saturated carbocycles. The predicted molar refractivity (Wildman–Crippen MR) is 84.4 cm³/mol. The Balaban J connectivity index is 2.38. The van der Waals surface area contributed by atoms with Crippen LogP contribution in [0, 0.1) is 5.82 Å². The van der Waals surface area contributed by atoms with Crippen molar-refractivity contribution in [1.82, 2.24) is 4.31 Å². The molecule has 7 heteroatoms. The monoisotopic (exact) mass is 343 g/mol. The zero-order valence-corrected chi connectivity index (χ0v) is 14.0. The maximum Gasteiger partial charge on any atom is 0.338 e. The van der Waals surface area contributed by atoms with E-state index < -0.39 is 27.4 Å². The number of halogens is 1. The van der Waals surface area contributed by atoms with Crippen LogP contribution in [0.15, 0.2) is 23.1 Å². The lowest BCUT2D eigenvalue weighted by molar-refractivity contribution is 0.0691. The molecular weight excluding hydrogens is 321 g/mol. The summed E-state index contributed by atoms with van der Waals surface area (Å²) in [6, 6.07) is 2.87. The summed E-state index contributed by atoms with van der Waals surface area (Å²) in [4.78, 5) is 10.9. The molecule has 0 aromatic heterocycles. The highest BCUT2D eigenvalue weighted by atomic mass is 32.2. The molecule has 1 fully saturated rings. The molecule has 0 aliphatic heterocycles. The minimum atomic E-state index is -3.84. The number of hydrogen-bond acceptors (Lipinski definition) is 3. The van der Waals surface area contributed by atoms with Crippen molar-refractivity contribution in [3.63, 3.8) is 0 Å². The van der Waals surface area contributed by atoms with E-state index in [4.69, 9.17) is 5.11 Å². The molecule has 5 nitrogen and oxygen atoms in total. The van der Waals surface area contributed by atoms with Crippen LogP contribution < -0.4 is 0 Å². The van der Waals surface area contributed by atoms with Crippen LogP contribution in [0.5, 0.6) is 0 Å². The van der Waals surface area contributed by atoms with Crippen molar-refractivity contribution in [2.45, 2.75) is 56.4 Å². The number of rotatable bonds is 5. The molecule has 2 rings (SSSR count). The fourth-order valence-corrected chi connectivity index (χ4v) is 4.86. The van der Waals surface area contributed by atoms with E-state index in [2.05, 4.69) is 0 Å². The molecule has 1 aromatic rings. The van der Waals surface area contributed by atoms with Gasteiger partial charge in [-0.3, -0.25) is 0 Å². The standard InChI is InChI=1S/C16H22FNO4S/c1-2-18(12-7-5-3-4-6-8-12)23(21,22)13-9-10-15(17)14(11-13)16(19)20/h9-12H,2-8H2,1H3,(H,19,20). The van der Waals surface area contributed by atoms with E-state index in [0.717, 1.165) is 56.7 Å². The maximum atomic E-state index is 13.5. The summed E-state index contributed by atoms with van der Waals surface area (Å²) >= 11 is 0. The topological polar surface area (TPSA) is 74.7 Å². The second-order valence-corrected chi connectivity index (χ2v) is 7.69. The molecule has 1 aliphatic carbocycles. The Morgan fingerprint density at radius 3 is 2.39 bits per heavy atom. The van der Waals surface area contributed by atoms with Crippen LogP contribution in [-0.4, -0.2) is 36.4 Å². The maximum absolute atomic E-state index is 13.5. The molecule has 0 unspecified atom stereocenters. The molecule has 1 aromatic carbocycles. The normalized spacial score (nSPS) is 17.2. The number of nitrogens with zero attached hydrogens (tertiary/aromatic N) is 1. The fraction of sp³-hybridized carbons (Fsp3) is 0.562. The molecule has 1 N–H and O–H groups in total. The second-order valence-electron chi connectivity index (χ2n) is 5.80. The van der Waals surface area contributed by atoms with Gasteiger partial charge in [0.15, 0.2) is 0 Å². The Hall–Kier alpha value is -1.47. The zero-order chi connectivity index (χ0) is 17.0. The summed E-state index contributed by atoms with van der Waals surface area (Å²) in [5.41, 5.74) is -0.622. The van der Waals surface area contributed by atoms with Gasteiger partial charge in [0.25, 0.3) is 0 Å². The van der Waals surface area contributed by atoms with E-state index in [-0.39, 0.29) is 10.9 Å². The quantitative estimate of drug-likeness (QED) is 0.833. The van der Waals surface area contributed by atoms with Gasteiger partial charge >= 0.3 is 5.97 Å². The van der Waals surface area contributed by atoms with Gasteiger partial charge in [-0.05, 0) is 31.0 Å². The fourth-order valence-electron chi connectivity index (χ4n) is 3.13. The van der Waals surface area contributed by atoms with E-state index in [1.807, 2.05) is 0 Å². The molecule has 0 bridgehead atoms. The number of aromatic carboxylic acids is 1. The van der Waals surface area contributed by atoms with E-state index in [0.29, 0.717) is 6.54 Å². The van der Waals surface area contributed by atoms with Gasteiger partial charge in [-0.15, -0.1) is 0 Å². The number of carboxylic acids is 1. The SMILES string of the molecule is CCN(C1CCCCCC1)S(=O)(=O)c1ccc(F)c(C(=O)O)c1. The number of sulfonamides is 1. The summed E-state index contributed by atoms with van der Waals surface area (Å²) in [5, 5.41) is 8.99. The van der Waals surface area contributed by atoms with E-state index in [1.54, 1.807) is 6.92 Å². The first-order chi connectivity index (χ1) is 10.9. The number of hydrogen-bond donors (Lipinski definition) is 1. The van der Waals surface area contributed by atoms with Gasteiger partial charge < -0.3 is 5.11 Å². The van der Waals surface area contributed by atoms with Gasteiger partial charge in [-0.1, -0.05) is 32.6 Å². The van der Waals surface area contributed by atoms with E-state index in [1.165, 1.54) is 4.31 Å². The molecule has 0 spiro atoms. The average molecular weight is 343 g/mol. The highest BCUT2D eigenvalue weighted by Gasteiger charge is 2.31. The van der Waals surface area contributed by atoms with Crippen molar-refractivity contribution < 1.29 is 22.7 Å². The van der Waals surface area contributed by atoms with Gasteiger partial charge in [0, 0.05) is 12.6 Å². The lowest BCUT2D eigenvalue weighted by Gasteiger charge is -2.29. The lowest BCUT2D eigenvalue weighted by atomic mass is 10.1. The van der Waals surface area contributed by atoms with Crippen LogP contribution in [0.25, 0.3) is 0 Å². The first kappa shape index (κ1) is 17.9. The summed E-state index contributed by atoms with van der Waals surface area (Å²) in [5.74, 6) is -2.41. The molecular formula is C16H22FNO4S. The molecule has 0 amide bonds. The molecule has 23 heavy (non-hydrogen) atoms. The summed E-state index contributed by atoms with van der Waals surface area (Å²) in [6.45, 7) is 2.08. The Bertz CT molecular complexity index is 667. The minimum absolute atomic E-state index is 0.0779. The molecule has 0 heterocycles. The third-order valence-electron chi connectivity index (χ3n) is 4.32. The number of carbonyl (C=O) groups is 1. The van der Waals surface area contributed by atoms with Crippen molar-refractivity contribution in [3.8, 4) is 0 Å². The van der Waals surface area contributed by atoms with Crippen LogP contribution in [0.1, 0.15) is 55.8 Å². The Labute approximate surface area is 136 Å². The first-order valence-electron chi connectivity index (χ1n) is 7.92. The highest BCUT2D eigenvalue weighted by Crippen LogP contribution is 2.27. The highest BCUT2D eigenvalue weighted by molar-refractivity contribution is 7.89. The summed E-state index contributed by atoms with van der Waals surface area (Å²) < 4.78 is 40.7.